The Balaban J connectivity index is 1.67. The van der Waals surface area contributed by atoms with E-state index in [9.17, 15) is 9.59 Å². The molecule has 0 aromatic heterocycles. The SMILES string of the molecule is NC(=O)N1CCC[C@H]1C(=O)N[C@H]1CCC[C@H]1c1ccc(Cl)cc1. The number of halogens is 1. The first-order chi connectivity index (χ1) is 11.1. The Labute approximate surface area is 141 Å². The maximum Gasteiger partial charge on any atom is 0.315 e. The summed E-state index contributed by atoms with van der Waals surface area (Å²) in [4.78, 5) is 25.5. The van der Waals surface area contributed by atoms with Gasteiger partial charge in [0, 0.05) is 23.5 Å². The number of amides is 3. The van der Waals surface area contributed by atoms with E-state index in [0.29, 0.717) is 18.9 Å². The van der Waals surface area contributed by atoms with Gasteiger partial charge in [0.1, 0.15) is 6.04 Å². The number of benzene rings is 1. The first kappa shape index (κ1) is 16.1. The molecule has 23 heavy (non-hydrogen) atoms. The number of urea groups is 1. The summed E-state index contributed by atoms with van der Waals surface area (Å²) in [6.07, 6.45) is 4.61. The van der Waals surface area contributed by atoms with Crippen LogP contribution in [0.2, 0.25) is 5.02 Å². The summed E-state index contributed by atoms with van der Waals surface area (Å²) in [5.74, 6) is 0.229. The Hall–Kier alpha value is -1.75. The van der Waals surface area contributed by atoms with E-state index in [4.69, 9.17) is 17.3 Å². The largest absolute Gasteiger partial charge is 0.351 e. The highest BCUT2D eigenvalue weighted by Gasteiger charge is 2.36. The van der Waals surface area contributed by atoms with E-state index in [1.807, 2.05) is 24.3 Å². The Morgan fingerprint density at radius 2 is 1.87 bits per heavy atom. The van der Waals surface area contributed by atoms with Gasteiger partial charge in [-0.25, -0.2) is 4.79 Å². The Kier molecular flexibility index (Phi) is 4.76. The normalized spacial score (nSPS) is 27.2. The molecule has 1 aromatic rings. The lowest BCUT2D eigenvalue weighted by Gasteiger charge is -2.26. The molecule has 2 aliphatic rings. The average molecular weight is 336 g/mol. The number of nitrogens with zero attached hydrogens (tertiary/aromatic N) is 1. The van der Waals surface area contributed by atoms with E-state index < -0.39 is 12.1 Å². The highest BCUT2D eigenvalue weighted by molar-refractivity contribution is 6.30. The molecule has 124 valence electrons. The minimum absolute atomic E-state index is 0.0767. The van der Waals surface area contributed by atoms with Crippen LogP contribution in [-0.2, 0) is 4.79 Å². The Morgan fingerprint density at radius 1 is 1.13 bits per heavy atom. The first-order valence-corrected chi connectivity index (χ1v) is 8.56. The van der Waals surface area contributed by atoms with E-state index in [-0.39, 0.29) is 11.9 Å². The molecule has 0 radical (unpaired) electrons. The summed E-state index contributed by atoms with van der Waals surface area (Å²) in [5.41, 5.74) is 6.57. The third-order valence-corrected chi connectivity index (χ3v) is 5.23. The quantitative estimate of drug-likeness (QED) is 0.891. The molecule has 1 aliphatic carbocycles. The fourth-order valence-electron chi connectivity index (χ4n) is 3.82. The molecule has 1 saturated heterocycles. The first-order valence-electron chi connectivity index (χ1n) is 8.18. The summed E-state index contributed by atoms with van der Waals surface area (Å²) in [6.45, 7) is 0.568. The molecule has 6 heteroatoms. The molecule has 1 aliphatic heterocycles. The minimum atomic E-state index is -0.511. The van der Waals surface area contributed by atoms with Crippen LogP contribution in [-0.4, -0.2) is 35.5 Å². The average Bonchev–Trinajstić information content (AvgIpc) is 3.16. The fourth-order valence-corrected chi connectivity index (χ4v) is 3.95. The van der Waals surface area contributed by atoms with E-state index >= 15 is 0 Å². The van der Waals surface area contributed by atoms with E-state index in [1.54, 1.807) is 0 Å². The zero-order chi connectivity index (χ0) is 16.4. The molecule has 1 saturated carbocycles. The number of carbonyl (C=O) groups excluding carboxylic acids is 2. The lowest BCUT2D eigenvalue weighted by Crippen LogP contribution is -2.50. The van der Waals surface area contributed by atoms with Crippen LogP contribution in [0.5, 0.6) is 0 Å². The van der Waals surface area contributed by atoms with E-state index in [0.717, 1.165) is 30.7 Å². The lowest BCUT2D eigenvalue weighted by molar-refractivity contribution is -0.125. The van der Waals surface area contributed by atoms with Gasteiger partial charge >= 0.3 is 6.03 Å². The topological polar surface area (TPSA) is 75.4 Å². The monoisotopic (exact) mass is 335 g/mol. The molecule has 5 nitrogen and oxygen atoms in total. The van der Waals surface area contributed by atoms with Gasteiger partial charge in [0.15, 0.2) is 0 Å². The van der Waals surface area contributed by atoms with Gasteiger partial charge in [0.25, 0.3) is 0 Å². The molecule has 3 rings (SSSR count). The van der Waals surface area contributed by atoms with Gasteiger partial charge < -0.3 is 16.0 Å². The van der Waals surface area contributed by atoms with Crippen LogP contribution in [0.15, 0.2) is 24.3 Å². The summed E-state index contributed by atoms with van der Waals surface area (Å²) in [7, 11) is 0. The molecule has 0 bridgehead atoms. The highest BCUT2D eigenvalue weighted by atomic mass is 35.5. The number of likely N-dealkylation sites (tertiary alicyclic amines) is 1. The van der Waals surface area contributed by atoms with Crippen molar-refractivity contribution in [2.45, 2.75) is 50.1 Å². The zero-order valence-corrected chi connectivity index (χ0v) is 13.8. The molecule has 2 fully saturated rings. The third kappa shape index (κ3) is 3.44. The molecule has 1 heterocycles. The standard InChI is InChI=1S/C17H22ClN3O2/c18-12-8-6-11(7-9-12)13-3-1-4-14(13)20-16(22)15-5-2-10-21(15)17(19)23/h6-9,13-15H,1-5,10H2,(H2,19,23)(H,20,22)/t13-,14-,15-/m0/s1. The summed E-state index contributed by atoms with van der Waals surface area (Å²) >= 11 is 5.95. The Bertz CT molecular complexity index is 590. The summed E-state index contributed by atoms with van der Waals surface area (Å²) in [6, 6.07) is 7.02. The summed E-state index contributed by atoms with van der Waals surface area (Å²) in [5, 5.41) is 3.87. The molecule has 3 N–H and O–H groups in total. The molecular weight excluding hydrogens is 314 g/mol. The Morgan fingerprint density at radius 3 is 2.57 bits per heavy atom. The van der Waals surface area contributed by atoms with Crippen molar-refractivity contribution in [3.63, 3.8) is 0 Å². The summed E-state index contributed by atoms with van der Waals surface area (Å²) < 4.78 is 0. The van der Waals surface area contributed by atoms with Crippen LogP contribution in [0.4, 0.5) is 4.79 Å². The van der Waals surface area contributed by atoms with Crippen LogP contribution in [0.25, 0.3) is 0 Å². The van der Waals surface area contributed by atoms with Gasteiger partial charge in [-0.05, 0) is 43.4 Å². The van der Waals surface area contributed by atoms with Crippen molar-refractivity contribution in [1.82, 2.24) is 10.2 Å². The molecule has 0 unspecified atom stereocenters. The maximum atomic E-state index is 12.6. The number of primary amides is 1. The van der Waals surface area contributed by atoms with Crippen molar-refractivity contribution in [2.75, 3.05) is 6.54 Å². The van der Waals surface area contributed by atoms with Crippen molar-refractivity contribution in [3.8, 4) is 0 Å². The van der Waals surface area contributed by atoms with Crippen molar-refractivity contribution in [2.24, 2.45) is 5.73 Å². The van der Waals surface area contributed by atoms with Gasteiger partial charge in [0.2, 0.25) is 5.91 Å². The number of hydrogen-bond donors (Lipinski definition) is 2. The van der Waals surface area contributed by atoms with Crippen LogP contribution in [0, 0.1) is 0 Å². The van der Waals surface area contributed by atoms with Gasteiger partial charge in [-0.15, -0.1) is 0 Å². The molecular formula is C17H22ClN3O2. The van der Waals surface area contributed by atoms with Crippen LogP contribution in [0.1, 0.15) is 43.6 Å². The number of nitrogens with two attached hydrogens (primary N) is 1. The molecule has 0 spiro atoms. The van der Waals surface area contributed by atoms with Gasteiger partial charge in [-0.1, -0.05) is 30.2 Å². The molecule has 1 aromatic carbocycles. The van der Waals surface area contributed by atoms with Crippen molar-refractivity contribution < 1.29 is 9.59 Å². The van der Waals surface area contributed by atoms with E-state index in [1.165, 1.54) is 10.5 Å². The van der Waals surface area contributed by atoms with Crippen LogP contribution in [0.3, 0.4) is 0 Å². The molecule has 3 atom stereocenters. The van der Waals surface area contributed by atoms with Crippen molar-refractivity contribution in [1.29, 1.82) is 0 Å². The number of hydrogen-bond acceptors (Lipinski definition) is 2. The van der Waals surface area contributed by atoms with Crippen LogP contribution >= 0.6 is 11.6 Å². The van der Waals surface area contributed by atoms with Gasteiger partial charge in [-0.2, -0.15) is 0 Å². The van der Waals surface area contributed by atoms with Crippen molar-refractivity contribution in [3.05, 3.63) is 34.9 Å². The number of rotatable bonds is 3. The second kappa shape index (κ2) is 6.79. The van der Waals surface area contributed by atoms with Crippen LogP contribution < -0.4 is 11.1 Å². The highest BCUT2D eigenvalue weighted by Crippen LogP contribution is 2.35. The van der Waals surface area contributed by atoms with Gasteiger partial charge in [0.05, 0.1) is 0 Å². The lowest BCUT2D eigenvalue weighted by atomic mass is 9.94. The predicted octanol–water partition coefficient (Wildman–Crippen LogP) is 2.64. The zero-order valence-electron chi connectivity index (χ0n) is 13.0. The fraction of sp³-hybridized carbons (Fsp3) is 0.529. The van der Waals surface area contributed by atoms with Crippen molar-refractivity contribution >= 4 is 23.5 Å². The minimum Gasteiger partial charge on any atom is -0.351 e. The molecule has 3 amide bonds. The smallest absolute Gasteiger partial charge is 0.315 e. The van der Waals surface area contributed by atoms with E-state index in [2.05, 4.69) is 5.32 Å². The maximum absolute atomic E-state index is 12.6. The predicted molar refractivity (Wildman–Crippen MR) is 89.3 cm³/mol. The second-order valence-corrected chi connectivity index (χ2v) is 6.83. The second-order valence-electron chi connectivity index (χ2n) is 6.39. The number of carbonyl (C=O) groups is 2. The third-order valence-electron chi connectivity index (χ3n) is 4.98. The van der Waals surface area contributed by atoms with Gasteiger partial charge in [-0.3, -0.25) is 4.79 Å². The number of nitrogens with one attached hydrogen (secondary N) is 1.